The molecule has 70 valence electrons. The quantitative estimate of drug-likeness (QED) is 0.676. The first kappa shape index (κ1) is 10.1. The zero-order valence-electron chi connectivity index (χ0n) is 7.27. The number of carboxylic acids is 1. The van der Waals surface area contributed by atoms with Gasteiger partial charge in [0.2, 0.25) is 0 Å². The van der Waals surface area contributed by atoms with E-state index in [2.05, 4.69) is 0 Å². The molecule has 1 rings (SSSR count). The molecule has 2 nitrogen and oxygen atoms in total. The molecule has 2 unspecified atom stereocenters. The Morgan fingerprint density at radius 2 is 1.83 bits per heavy atom. The summed E-state index contributed by atoms with van der Waals surface area (Å²) in [5.74, 6) is -1.66. The monoisotopic (exact) mass is 210 g/mol. The second-order valence-electron chi connectivity index (χ2n) is 4.33. The summed E-state index contributed by atoms with van der Waals surface area (Å²) in [5.41, 5.74) is -0.146. The van der Waals surface area contributed by atoms with E-state index in [9.17, 15) is 4.79 Å². The topological polar surface area (TPSA) is 37.3 Å². The Labute approximate surface area is 81.9 Å². The van der Waals surface area contributed by atoms with Crippen molar-refractivity contribution in [3.63, 3.8) is 0 Å². The van der Waals surface area contributed by atoms with Gasteiger partial charge < -0.3 is 5.11 Å². The maximum absolute atomic E-state index is 10.7. The van der Waals surface area contributed by atoms with Gasteiger partial charge in [-0.05, 0) is 5.41 Å². The molecule has 0 radical (unpaired) electrons. The van der Waals surface area contributed by atoms with E-state index in [1.165, 1.54) is 0 Å². The van der Waals surface area contributed by atoms with Crippen LogP contribution >= 0.6 is 23.2 Å². The number of alkyl halides is 2. The average Bonchev–Trinajstić information content (AvgIpc) is 2.31. The number of halogens is 2. The first-order chi connectivity index (χ1) is 5.19. The minimum absolute atomic E-state index is 0.146. The molecule has 0 aromatic rings. The van der Waals surface area contributed by atoms with Crippen molar-refractivity contribution >= 4 is 29.2 Å². The van der Waals surface area contributed by atoms with Gasteiger partial charge in [-0.25, -0.2) is 0 Å². The smallest absolute Gasteiger partial charge is 0.309 e. The number of carbonyl (C=O) groups is 1. The molecule has 0 amide bonds. The summed E-state index contributed by atoms with van der Waals surface area (Å²) in [4.78, 5) is 10.7. The summed E-state index contributed by atoms with van der Waals surface area (Å²) in [6.45, 7) is 5.83. The molecule has 1 N–H and O–H groups in total. The number of hydrogen-bond acceptors (Lipinski definition) is 1. The van der Waals surface area contributed by atoms with Crippen LogP contribution in [-0.2, 0) is 4.79 Å². The molecule has 0 heterocycles. The van der Waals surface area contributed by atoms with E-state index in [0.29, 0.717) is 0 Å². The first-order valence-electron chi connectivity index (χ1n) is 3.79. The highest BCUT2D eigenvalue weighted by molar-refractivity contribution is 6.52. The van der Waals surface area contributed by atoms with Crippen molar-refractivity contribution in [2.75, 3.05) is 0 Å². The molecule has 0 aliphatic heterocycles. The standard InChI is InChI=1S/C8H12Cl2O2/c1-7(2,3)5-4(6(11)12)8(5,9)10/h4-5H,1-3H3,(H,11,12). The maximum atomic E-state index is 10.7. The van der Waals surface area contributed by atoms with Gasteiger partial charge in [0.05, 0.1) is 5.92 Å². The fourth-order valence-electron chi connectivity index (χ4n) is 1.71. The summed E-state index contributed by atoms with van der Waals surface area (Å²) in [5, 5.41) is 8.75. The van der Waals surface area contributed by atoms with Crippen molar-refractivity contribution < 1.29 is 9.90 Å². The Morgan fingerprint density at radius 3 is 1.92 bits per heavy atom. The van der Waals surface area contributed by atoms with E-state index in [0.717, 1.165) is 0 Å². The van der Waals surface area contributed by atoms with E-state index in [1.807, 2.05) is 20.8 Å². The van der Waals surface area contributed by atoms with E-state index in [-0.39, 0.29) is 11.3 Å². The van der Waals surface area contributed by atoms with Crippen LogP contribution in [0, 0.1) is 17.3 Å². The summed E-state index contributed by atoms with van der Waals surface area (Å²) < 4.78 is -1.07. The largest absolute Gasteiger partial charge is 0.481 e. The summed E-state index contributed by atoms with van der Waals surface area (Å²) in [6.07, 6.45) is 0. The van der Waals surface area contributed by atoms with Crippen LogP contribution in [0.5, 0.6) is 0 Å². The second kappa shape index (κ2) is 2.52. The molecule has 2 atom stereocenters. The molecule has 4 heteroatoms. The predicted octanol–water partition coefficient (Wildman–Crippen LogP) is 2.54. The second-order valence-corrected chi connectivity index (χ2v) is 5.78. The Morgan fingerprint density at radius 1 is 1.42 bits per heavy atom. The third-order valence-corrected chi connectivity index (χ3v) is 3.19. The Bertz CT molecular complexity index is 218. The van der Waals surface area contributed by atoms with Crippen LogP contribution in [0.3, 0.4) is 0 Å². The maximum Gasteiger partial charge on any atom is 0.309 e. The predicted molar refractivity (Wildman–Crippen MR) is 48.5 cm³/mol. The molecule has 0 aromatic carbocycles. The minimum atomic E-state index is -1.07. The highest BCUT2D eigenvalue weighted by Gasteiger charge is 2.71. The zero-order valence-corrected chi connectivity index (χ0v) is 8.78. The molecule has 1 aliphatic carbocycles. The summed E-state index contributed by atoms with van der Waals surface area (Å²) >= 11 is 11.7. The highest BCUT2D eigenvalue weighted by atomic mass is 35.5. The fraction of sp³-hybridized carbons (Fsp3) is 0.875. The van der Waals surface area contributed by atoms with Crippen molar-refractivity contribution in [2.45, 2.75) is 25.1 Å². The lowest BCUT2D eigenvalue weighted by Crippen LogP contribution is -2.13. The van der Waals surface area contributed by atoms with Crippen LogP contribution in [0.2, 0.25) is 0 Å². The normalized spacial score (nSPS) is 33.1. The van der Waals surface area contributed by atoms with Crippen molar-refractivity contribution in [1.82, 2.24) is 0 Å². The first-order valence-corrected chi connectivity index (χ1v) is 4.55. The van der Waals surface area contributed by atoms with Crippen LogP contribution in [0.25, 0.3) is 0 Å². The van der Waals surface area contributed by atoms with E-state index in [1.54, 1.807) is 0 Å². The lowest BCUT2D eigenvalue weighted by Gasteiger charge is -2.17. The highest BCUT2D eigenvalue weighted by Crippen LogP contribution is 2.65. The lowest BCUT2D eigenvalue weighted by atomic mass is 9.89. The zero-order chi connectivity index (χ0) is 9.73. The Kier molecular flexibility index (Phi) is 2.13. The van der Waals surface area contributed by atoms with Crippen molar-refractivity contribution in [3.8, 4) is 0 Å². The molecular formula is C8H12Cl2O2. The van der Waals surface area contributed by atoms with Crippen LogP contribution in [0.15, 0.2) is 0 Å². The number of hydrogen-bond donors (Lipinski definition) is 1. The molecule has 0 bridgehead atoms. The molecular weight excluding hydrogens is 199 g/mol. The molecule has 0 spiro atoms. The van der Waals surface area contributed by atoms with Crippen LogP contribution in [-0.4, -0.2) is 15.4 Å². The van der Waals surface area contributed by atoms with Gasteiger partial charge in [0.25, 0.3) is 0 Å². The van der Waals surface area contributed by atoms with E-state index < -0.39 is 16.2 Å². The molecule has 1 aliphatic rings. The molecule has 1 saturated carbocycles. The Hall–Kier alpha value is 0.0500. The number of carboxylic acid groups (broad SMARTS) is 1. The summed E-state index contributed by atoms with van der Waals surface area (Å²) in [7, 11) is 0. The van der Waals surface area contributed by atoms with Crippen molar-refractivity contribution in [3.05, 3.63) is 0 Å². The van der Waals surface area contributed by atoms with Gasteiger partial charge in [-0.2, -0.15) is 0 Å². The van der Waals surface area contributed by atoms with Crippen LogP contribution in [0.1, 0.15) is 20.8 Å². The number of aliphatic carboxylic acids is 1. The SMILES string of the molecule is CC(C)(C)C1C(C(=O)O)C1(Cl)Cl. The Balaban J connectivity index is 2.80. The van der Waals surface area contributed by atoms with Crippen LogP contribution in [0.4, 0.5) is 0 Å². The van der Waals surface area contributed by atoms with Gasteiger partial charge in [-0.3, -0.25) is 4.79 Å². The fourth-order valence-corrected chi connectivity index (χ4v) is 2.93. The van der Waals surface area contributed by atoms with E-state index in [4.69, 9.17) is 28.3 Å². The van der Waals surface area contributed by atoms with E-state index >= 15 is 0 Å². The van der Waals surface area contributed by atoms with Gasteiger partial charge in [0.15, 0.2) is 0 Å². The summed E-state index contributed by atoms with van der Waals surface area (Å²) in [6, 6.07) is 0. The number of rotatable bonds is 1. The third kappa shape index (κ3) is 1.42. The molecule has 0 aromatic heterocycles. The van der Waals surface area contributed by atoms with Crippen molar-refractivity contribution in [2.24, 2.45) is 17.3 Å². The van der Waals surface area contributed by atoms with Gasteiger partial charge in [0.1, 0.15) is 4.33 Å². The average molecular weight is 211 g/mol. The van der Waals surface area contributed by atoms with Crippen LogP contribution < -0.4 is 0 Å². The van der Waals surface area contributed by atoms with Gasteiger partial charge >= 0.3 is 5.97 Å². The molecule has 12 heavy (non-hydrogen) atoms. The molecule has 0 saturated heterocycles. The van der Waals surface area contributed by atoms with Gasteiger partial charge in [-0.15, -0.1) is 23.2 Å². The minimum Gasteiger partial charge on any atom is -0.481 e. The third-order valence-electron chi connectivity index (χ3n) is 2.25. The van der Waals surface area contributed by atoms with Gasteiger partial charge in [0, 0.05) is 5.92 Å². The van der Waals surface area contributed by atoms with Crippen molar-refractivity contribution in [1.29, 1.82) is 0 Å². The lowest BCUT2D eigenvalue weighted by molar-refractivity contribution is -0.139. The molecule has 1 fully saturated rings. The van der Waals surface area contributed by atoms with Gasteiger partial charge in [-0.1, -0.05) is 20.8 Å².